The molecular weight excluding hydrogens is 428 g/mol. The number of aromatic hydroxyl groups is 1. The Kier molecular flexibility index (Phi) is 5.88. The first kappa shape index (κ1) is 21.9. The van der Waals surface area contributed by atoms with Crippen molar-refractivity contribution in [1.29, 1.82) is 0 Å². The number of rotatable bonds is 5. The molecular formula is C28H28N2O4. The SMILES string of the molecule is CCOc1cc([C@@H]2Nc3ccccc3NC3=C2C(=O)C[C@@H](c2ccc(OC)cc2)C3)ccc1O. The van der Waals surface area contributed by atoms with Crippen LogP contribution >= 0.6 is 0 Å². The summed E-state index contributed by atoms with van der Waals surface area (Å²) in [5, 5.41) is 17.3. The van der Waals surface area contributed by atoms with Crippen molar-refractivity contribution >= 4 is 17.2 Å². The van der Waals surface area contributed by atoms with Crippen molar-refractivity contribution in [2.24, 2.45) is 0 Å². The van der Waals surface area contributed by atoms with E-state index in [0.717, 1.165) is 45.9 Å². The Bertz CT molecular complexity index is 1250. The van der Waals surface area contributed by atoms with Gasteiger partial charge in [-0.05, 0) is 66.8 Å². The lowest BCUT2D eigenvalue weighted by Gasteiger charge is -2.30. The molecule has 6 nitrogen and oxygen atoms in total. The van der Waals surface area contributed by atoms with E-state index < -0.39 is 0 Å². The number of anilines is 2. The summed E-state index contributed by atoms with van der Waals surface area (Å²) in [5.41, 5.74) is 5.49. The maximum atomic E-state index is 13.7. The van der Waals surface area contributed by atoms with Gasteiger partial charge in [0.15, 0.2) is 17.3 Å². The normalized spacial score (nSPS) is 19.3. The Morgan fingerprint density at radius 2 is 1.71 bits per heavy atom. The van der Waals surface area contributed by atoms with Gasteiger partial charge in [0.1, 0.15) is 5.75 Å². The van der Waals surface area contributed by atoms with Crippen LogP contribution in [0.5, 0.6) is 17.2 Å². The molecule has 0 saturated carbocycles. The summed E-state index contributed by atoms with van der Waals surface area (Å²) in [6.07, 6.45) is 1.15. The van der Waals surface area contributed by atoms with Crippen LogP contribution in [0.2, 0.25) is 0 Å². The van der Waals surface area contributed by atoms with Gasteiger partial charge in [-0.3, -0.25) is 4.79 Å². The highest BCUT2D eigenvalue weighted by Gasteiger charge is 2.36. The van der Waals surface area contributed by atoms with E-state index in [1.54, 1.807) is 13.2 Å². The van der Waals surface area contributed by atoms with Gasteiger partial charge in [-0.1, -0.05) is 30.3 Å². The lowest BCUT2D eigenvalue weighted by Crippen LogP contribution is -2.26. The van der Waals surface area contributed by atoms with Crippen LogP contribution < -0.4 is 20.1 Å². The Balaban J connectivity index is 1.58. The largest absolute Gasteiger partial charge is 0.504 e. The van der Waals surface area contributed by atoms with Gasteiger partial charge in [-0.25, -0.2) is 0 Å². The summed E-state index contributed by atoms with van der Waals surface area (Å²) in [7, 11) is 1.65. The van der Waals surface area contributed by atoms with Crippen molar-refractivity contribution in [2.75, 3.05) is 24.4 Å². The van der Waals surface area contributed by atoms with Gasteiger partial charge in [0.2, 0.25) is 0 Å². The molecule has 0 fully saturated rings. The highest BCUT2D eigenvalue weighted by molar-refractivity contribution is 6.01. The Morgan fingerprint density at radius 3 is 2.44 bits per heavy atom. The van der Waals surface area contributed by atoms with Crippen LogP contribution in [0.3, 0.4) is 0 Å². The molecule has 0 bridgehead atoms. The van der Waals surface area contributed by atoms with Gasteiger partial charge >= 0.3 is 0 Å². The molecule has 0 amide bonds. The number of ketones is 1. The van der Waals surface area contributed by atoms with Crippen molar-refractivity contribution in [3.8, 4) is 17.2 Å². The first-order valence-electron chi connectivity index (χ1n) is 11.6. The quantitative estimate of drug-likeness (QED) is 0.452. The predicted octanol–water partition coefficient (Wildman–Crippen LogP) is 5.78. The van der Waals surface area contributed by atoms with Crippen LogP contribution in [0.25, 0.3) is 0 Å². The monoisotopic (exact) mass is 456 g/mol. The molecule has 1 heterocycles. The number of hydrogen-bond acceptors (Lipinski definition) is 6. The Labute approximate surface area is 199 Å². The number of nitrogens with one attached hydrogen (secondary N) is 2. The minimum Gasteiger partial charge on any atom is -0.504 e. The zero-order valence-electron chi connectivity index (χ0n) is 19.3. The zero-order valence-corrected chi connectivity index (χ0v) is 19.3. The molecule has 174 valence electrons. The molecule has 3 aromatic rings. The number of allylic oxidation sites excluding steroid dienone is 1. The second-order valence-electron chi connectivity index (χ2n) is 8.60. The van der Waals surface area contributed by atoms with Gasteiger partial charge in [0, 0.05) is 17.7 Å². The molecule has 0 spiro atoms. The minimum absolute atomic E-state index is 0.0781. The van der Waals surface area contributed by atoms with Crippen LogP contribution in [0.4, 0.5) is 11.4 Å². The van der Waals surface area contributed by atoms with Crippen molar-refractivity contribution < 1.29 is 19.4 Å². The number of carbonyl (C=O) groups excluding carboxylic acids is 1. The van der Waals surface area contributed by atoms with Gasteiger partial charge in [-0.2, -0.15) is 0 Å². The highest BCUT2D eigenvalue weighted by Crippen LogP contribution is 2.45. The summed E-state index contributed by atoms with van der Waals surface area (Å²) >= 11 is 0. The van der Waals surface area contributed by atoms with E-state index in [9.17, 15) is 9.90 Å². The Morgan fingerprint density at radius 1 is 0.971 bits per heavy atom. The summed E-state index contributed by atoms with van der Waals surface area (Å²) in [6.45, 7) is 2.32. The first-order valence-corrected chi connectivity index (χ1v) is 11.6. The number of phenolic OH excluding ortho intramolecular Hbond substituents is 1. The van der Waals surface area contributed by atoms with E-state index in [0.29, 0.717) is 18.8 Å². The molecule has 3 aromatic carbocycles. The fourth-order valence-electron chi connectivity index (χ4n) is 4.84. The molecule has 5 rings (SSSR count). The first-order chi connectivity index (χ1) is 16.6. The van der Waals surface area contributed by atoms with E-state index in [1.807, 2.05) is 67.6 Å². The van der Waals surface area contributed by atoms with Gasteiger partial charge in [-0.15, -0.1) is 0 Å². The average molecular weight is 457 g/mol. The lowest BCUT2D eigenvalue weighted by molar-refractivity contribution is -0.116. The average Bonchev–Trinajstić information content (AvgIpc) is 3.02. The fraction of sp³-hybridized carbons (Fsp3) is 0.250. The van der Waals surface area contributed by atoms with Crippen molar-refractivity contribution in [3.05, 3.63) is 89.1 Å². The molecule has 0 saturated heterocycles. The molecule has 34 heavy (non-hydrogen) atoms. The molecule has 3 N–H and O–H groups in total. The molecule has 2 atom stereocenters. The summed E-state index contributed by atoms with van der Waals surface area (Å²) in [4.78, 5) is 13.7. The third-order valence-corrected chi connectivity index (χ3v) is 6.51. The second-order valence-corrected chi connectivity index (χ2v) is 8.60. The maximum absolute atomic E-state index is 13.7. The molecule has 6 heteroatoms. The smallest absolute Gasteiger partial charge is 0.163 e. The van der Waals surface area contributed by atoms with Crippen LogP contribution in [0.15, 0.2) is 78.0 Å². The third kappa shape index (κ3) is 4.07. The fourth-order valence-corrected chi connectivity index (χ4v) is 4.84. The van der Waals surface area contributed by atoms with E-state index >= 15 is 0 Å². The van der Waals surface area contributed by atoms with Crippen LogP contribution in [-0.2, 0) is 4.79 Å². The topological polar surface area (TPSA) is 79.8 Å². The number of benzene rings is 3. The molecule has 1 aliphatic heterocycles. The molecule has 2 aliphatic rings. The number of hydrogen-bond donors (Lipinski definition) is 3. The van der Waals surface area contributed by atoms with E-state index in [2.05, 4.69) is 10.6 Å². The molecule has 0 aromatic heterocycles. The van der Waals surface area contributed by atoms with Crippen LogP contribution in [0, 0.1) is 0 Å². The maximum Gasteiger partial charge on any atom is 0.163 e. The number of ether oxygens (including phenoxy) is 2. The molecule has 1 aliphatic carbocycles. The van der Waals surface area contributed by atoms with E-state index in [1.165, 1.54) is 0 Å². The standard InChI is InChI=1S/C28H28N2O4/c1-3-34-26-16-18(10-13-24(26)31)28-27-23(29-21-6-4-5-7-22(21)30-28)14-19(15-25(27)32)17-8-11-20(33-2)12-9-17/h4-13,16,19,28-31H,3,14-15H2,1-2H3/t19-,28-/m0/s1. The van der Waals surface area contributed by atoms with Gasteiger partial charge < -0.3 is 25.2 Å². The zero-order chi connectivity index (χ0) is 23.7. The lowest BCUT2D eigenvalue weighted by atomic mass is 9.78. The van der Waals surface area contributed by atoms with Gasteiger partial charge in [0.25, 0.3) is 0 Å². The highest BCUT2D eigenvalue weighted by atomic mass is 16.5. The van der Waals surface area contributed by atoms with E-state index in [4.69, 9.17) is 9.47 Å². The number of phenols is 1. The number of Topliss-reactive ketones (excluding diaryl/α,β-unsaturated/α-hetero) is 1. The van der Waals surface area contributed by atoms with Gasteiger partial charge in [0.05, 0.1) is 31.1 Å². The summed E-state index contributed by atoms with van der Waals surface area (Å²) in [6, 6.07) is 20.8. The van der Waals surface area contributed by atoms with E-state index in [-0.39, 0.29) is 23.5 Å². The van der Waals surface area contributed by atoms with Crippen molar-refractivity contribution in [2.45, 2.75) is 31.7 Å². The molecule has 0 unspecified atom stereocenters. The number of methoxy groups -OCH3 is 1. The second kappa shape index (κ2) is 9.14. The van der Waals surface area contributed by atoms with Crippen molar-refractivity contribution in [3.63, 3.8) is 0 Å². The number of carbonyl (C=O) groups is 1. The van der Waals surface area contributed by atoms with Crippen molar-refractivity contribution in [1.82, 2.24) is 0 Å². The number of para-hydroxylation sites is 2. The predicted molar refractivity (Wildman–Crippen MR) is 133 cm³/mol. The Hall–Kier alpha value is -3.93. The minimum atomic E-state index is -0.365. The molecule has 0 radical (unpaired) electrons. The number of fused-ring (bicyclic) bond motifs is 1. The third-order valence-electron chi connectivity index (χ3n) is 6.51. The summed E-state index contributed by atoms with van der Waals surface area (Å²) in [5.74, 6) is 1.48. The van der Waals surface area contributed by atoms with Crippen LogP contribution in [0.1, 0.15) is 42.9 Å². The summed E-state index contributed by atoms with van der Waals surface area (Å²) < 4.78 is 10.9. The van der Waals surface area contributed by atoms with Crippen LogP contribution in [-0.4, -0.2) is 24.6 Å².